The molecule has 0 unspecified atom stereocenters. The van der Waals surface area contributed by atoms with Gasteiger partial charge >= 0.3 is 5.97 Å². The Hall–Kier alpha value is -1.58. The number of hydrogen-bond acceptors (Lipinski definition) is 3. The Morgan fingerprint density at radius 2 is 2.29 bits per heavy atom. The maximum atomic E-state index is 10.7. The number of ether oxygens (including phenoxy) is 1. The van der Waals surface area contributed by atoms with Crippen LogP contribution in [-0.4, -0.2) is 22.7 Å². The van der Waals surface area contributed by atoms with Gasteiger partial charge in [-0.3, -0.25) is 0 Å². The lowest BCUT2D eigenvalue weighted by molar-refractivity contribution is 0.0514. The largest absolute Gasteiger partial charge is 0.478 e. The number of hydrogen-bond donors (Lipinski definition) is 1. The summed E-state index contributed by atoms with van der Waals surface area (Å²) in [6.45, 7) is 2.87. The summed E-state index contributed by atoms with van der Waals surface area (Å²) in [6.07, 6.45) is 6.17. The first-order chi connectivity index (χ1) is 8.15. The van der Waals surface area contributed by atoms with Gasteiger partial charge in [0.2, 0.25) is 5.88 Å². The Labute approximate surface area is 101 Å². The molecule has 0 bridgehead atoms. The highest BCUT2D eigenvalue weighted by Gasteiger charge is 2.35. The van der Waals surface area contributed by atoms with E-state index in [1.807, 2.05) is 0 Å². The number of nitrogens with zero attached hydrogens (tertiary/aromatic N) is 1. The quantitative estimate of drug-likeness (QED) is 0.852. The molecule has 2 rings (SSSR count). The van der Waals surface area contributed by atoms with E-state index < -0.39 is 5.97 Å². The van der Waals surface area contributed by atoms with Crippen LogP contribution in [0.5, 0.6) is 5.88 Å². The minimum absolute atomic E-state index is 0.186. The summed E-state index contributed by atoms with van der Waals surface area (Å²) in [4.78, 5) is 14.6. The number of carboxylic acid groups (broad SMARTS) is 1. The Balaban J connectivity index is 1.93. The summed E-state index contributed by atoms with van der Waals surface area (Å²) in [5.74, 6) is -0.456. The molecule has 1 N–H and O–H groups in total. The average molecular weight is 235 g/mol. The van der Waals surface area contributed by atoms with E-state index >= 15 is 0 Å². The molecule has 0 aromatic carbocycles. The second-order valence-corrected chi connectivity index (χ2v) is 4.69. The van der Waals surface area contributed by atoms with Crippen molar-refractivity contribution in [2.24, 2.45) is 5.41 Å². The fourth-order valence-electron chi connectivity index (χ4n) is 2.10. The van der Waals surface area contributed by atoms with Gasteiger partial charge in [-0.1, -0.05) is 13.3 Å². The summed E-state index contributed by atoms with van der Waals surface area (Å²) < 4.78 is 5.63. The van der Waals surface area contributed by atoms with E-state index in [1.54, 1.807) is 6.07 Å². The average Bonchev–Trinajstić information content (AvgIpc) is 2.29. The van der Waals surface area contributed by atoms with Crippen molar-refractivity contribution in [3.63, 3.8) is 0 Å². The van der Waals surface area contributed by atoms with E-state index in [0.717, 1.165) is 6.42 Å². The van der Waals surface area contributed by atoms with Crippen molar-refractivity contribution in [1.29, 1.82) is 0 Å². The molecule has 4 nitrogen and oxygen atoms in total. The highest BCUT2D eigenvalue weighted by Crippen LogP contribution is 2.43. The fraction of sp³-hybridized carbons (Fsp3) is 0.538. The molecule has 0 aliphatic heterocycles. The van der Waals surface area contributed by atoms with Crippen molar-refractivity contribution in [2.75, 3.05) is 6.61 Å². The molecule has 0 spiro atoms. The summed E-state index contributed by atoms with van der Waals surface area (Å²) in [5.41, 5.74) is 0.513. The first kappa shape index (κ1) is 11.9. The normalized spacial score (nSPS) is 17.2. The van der Waals surface area contributed by atoms with Crippen LogP contribution < -0.4 is 4.74 Å². The first-order valence-electron chi connectivity index (χ1n) is 5.97. The van der Waals surface area contributed by atoms with Crippen LogP contribution >= 0.6 is 0 Å². The molecule has 0 saturated heterocycles. The van der Waals surface area contributed by atoms with Crippen LogP contribution in [0.15, 0.2) is 18.3 Å². The zero-order valence-corrected chi connectivity index (χ0v) is 9.98. The molecule has 0 radical (unpaired) electrons. The third-order valence-corrected chi connectivity index (χ3v) is 3.67. The van der Waals surface area contributed by atoms with Gasteiger partial charge in [0.05, 0.1) is 12.2 Å². The highest BCUT2D eigenvalue weighted by atomic mass is 16.5. The smallest absolute Gasteiger partial charge is 0.337 e. The molecule has 1 aliphatic rings. The molecule has 0 atom stereocenters. The number of aromatic carboxylic acids is 1. The standard InChI is InChI=1S/C13H17NO3/c1-2-13(6-3-7-13)9-17-11-5-4-10(8-14-11)12(15)16/h4-5,8H,2-3,6-7,9H2,1H3,(H,15,16). The molecule has 1 aromatic rings. The molecule has 1 heterocycles. The summed E-state index contributed by atoms with van der Waals surface area (Å²) in [6, 6.07) is 3.13. The second kappa shape index (κ2) is 4.73. The number of pyridine rings is 1. The van der Waals surface area contributed by atoms with E-state index in [4.69, 9.17) is 9.84 Å². The van der Waals surface area contributed by atoms with E-state index in [0.29, 0.717) is 17.9 Å². The molecule has 1 saturated carbocycles. The van der Waals surface area contributed by atoms with Gasteiger partial charge in [-0.2, -0.15) is 0 Å². The van der Waals surface area contributed by atoms with Gasteiger partial charge in [0.15, 0.2) is 0 Å². The molecule has 4 heteroatoms. The van der Waals surface area contributed by atoms with Gasteiger partial charge in [-0.25, -0.2) is 9.78 Å². The Morgan fingerprint density at radius 1 is 1.53 bits per heavy atom. The Morgan fingerprint density at radius 3 is 2.71 bits per heavy atom. The zero-order chi connectivity index (χ0) is 12.3. The van der Waals surface area contributed by atoms with E-state index in [-0.39, 0.29) is 5.56 Å². The maximum absolute atomic E-state index is 10.7. The van der Waals surface area contributed by atoms with Crippen LogP contribution in [-0.2, 0) is 0 Å². The van der Waals surface area contributed by atoms with E-state index in [9.17, 15) is 4.79 Å². The van der Waals surface area contributed by atoms with Gasteiger partial charge in [-0.05, 0) is 25.3 Å². The SMILES string of the molecule is CCC1(COc2ccc(C(=O)O)cn2)CCC1. The Bertz CT molecular complexity index is 390. The van der Waals surface area contributed by atoms with Crippen LogP contribution in [0.2, 0.25) is 0 Å². The van der Waals surface area contributed by atoms with Gasteiger partial charge in [0, 0.05) is 17.7 Å². The lowest BCUT2D eigenvalue weighted by Gasteiger charge is -2.40. The first-order valence-corrected chi connectivity index (χ1v) is 5.97. The fourth-order valence-corrected chi connectivity index (χ4v) is 2.10. The summed E-state index contributed by atoms with van der Waals surface area (Å²) in [5, 5.41) is 8.74. The van der Waals surface area contributed by atoms with Crippen LogP contribution in [0.4, 0.5) is 0 Å². The van der Waals surface area contributed by atoms with Gasteiger partial charge in [-0.15, -0.1) is 0 Å². The topological polar surface area (TPSA) is 59.4 Å². The number of carboxylic acids is 1. The molecule has 1 fully saturated rings. The monoisotopic (exact) mass is 235 g/mol. The van der Waals surface area contributed by atoms with Gasteiger partial charge < -0.3 is 9.84 Å². The molecular weight excluding hydrogens is 218 g/mol. The predicted molar refractivity (Wildman–Crippen MR) is 63.3 cm³/mol. The lowest BCUT2D eigenvalue weighted by Crippen LogP contribution is -2.35. The second-order valence-electron chi connectivity index (χ2n) is 4.69. The molecular formula is C13H17NO3. The van der Waals surface area contributed by atoms with E-state index in [1.165, 1.54) is 31.5 Å². The van der Waals surface area contributed by atoms with Crippen LogP contribution in [0.25, 0.3) is 0 Å². The summed E-state index contributed by atoms with van der Waals surface area (Å²) >= 11 is 0. The predicted octanol–water partition coefficient (Wildman–Crippen LogP) is 2.74. The molecule has 1 aliphatic carbocycles. The van der Waals surface area contributed by atoms with Crippen molar-refractivity contribution in [1.82, 2.24) is 4.98 Å². The highest BCUT2D eigenvalue weighted by molar-refractivity contribution is 5.87. The minimum atomic E-state index is -0.965. The van der Waals surface area contributed by atoms with Crippen LogP contribution in [0.3, 0.4) is 0 Å². The molecule has 92 valence electrons. The van der Waals surface area contributed by atoms with Crippen molar-refractivity contribution in [3.8, 4) is 5.88 Å². The van der Waals surface area contributed by atoms with Gasteiger partial charge in [0.1, 0.15) is 0 Å². The number of carbonyl (C=O) groups is 1. The van der Waals surface area contributed by atoms with Crippen LogP contribution in [0.1, 0.15) is 43.0 Å². The Kier molecular flexibility index (Phi) is 3.31. The third kappa shape index (κ3) is 2.57. The lowest BCUT2D eigenvalue weighted by atomic mass is 9.68. The van der Waals surface area contributed by atoms with Crippen LogP contribution in [0, 0.1) is 5.41 Å². The molecule has 1 aromatic heterocycles. The van der Waals surface area contributed by atoms with Crippen molar-refractivity contribution in [3.05, 3.63) is 23.9 Å². The van der Waals surface area contributed by atoms with Gasteiger partial charge in [0.25, 0.3) is 0 Å². The zero-order valence-electron chi connectivity index (χ0n) is 9.98. The molecule has 17 heavy (non-hydrogen) atoms. The summed E-state index contributed by atoms with van der Waals surface area (Å²) in [7, 11) is 0. The van der Waals surface area contributed by atoms with Crippen molar-refractivity contribution < 1.29 is 14.6 Å². The van der Waals surface area contributed by atoms with E-state index in [2.05, 4.69) is 11.9 Å². The van der Waals surface area contributed by atoms with Crippen molar-refractivity contribution in [2.45, 2.75) is 32.6 Å². The third-order valence-electron chi connectivity index (χ3n) is 3.67. The number of rotatable bonds is 5. The molecule has 0 amide bonds. The maximum Gasteiger partial charge on any atom is 0.337 e. The minimum Gasteiger partial charge on any atom is -0.478 e. The van der Waals surface area contributed by atoms with Crippen molar-refractivity contribution >= 4 is 5.97 Å². The number of aromatic nitrogens is 1.